The molecule has 0 spiro atoms. The van der Waals surface area contributed by atoms with Crippen LogP contribution in [0.3, 0.4) is 0 Å². The van der Waals surface area contributed by atoms with Gasteiger partial charge in [0.1, 0.15) is 5.78 Å². The average molecular weight is 222 g/mol. The number of rotatable bonds is 1. The summed E-state index contributed by atoms with van der Waals surface area (Å²) >= 11 is 0. The first kappa shape index (κ1) is 12.1. The zero-order chi connectivity index (χ0) is 11.9. The lowest BCUT2D eigenvalue weighted by Crippen LogP contribution is -2.23. The predicted molar refractivity (Wildman–Crippen MR) is 67.1 cm³/mol. The summed E-state index contributed by atoms with van der Waals surface area (Å²) in [6.45, 7) is 9.28. The van der Waals surface area contributed by atoms with Crippen molar-refractivity contribution in [2.75, 3.05) is 0 Å². The van der Waals surface area contributed by atoms with E-state index in [0.29, 0.717) is 29.5 Å². The third-order valence-corrected chi connectivity index (χ3v) is 5.21. The third-order valence-electron chi connectivity index (χ3n) is 5.21. The Morgan fingerprint density at radius 2 is 1.81 bits per heavy atom. The van der Waals surface area contributed by atoms with E-state index in [4.69, 9.17) is 0 Å². The van der Waals surface area contributed by atoms with Gasteiger partial charge < -0.3 is 0 Å². The van der Waals surface area contributed by atoms with Gasteiger partial charge >= 0.3 is 0 Å². The molecule has 0 aromatic carbocycles. The van der Waals surface area contributed by atoms with Crippen LogP contribution in [0, 0.1) is 35.5 Å². The first-order chi connectivity index (χ1) is 7.50. The second-order valence-electron chi connectivity index (χ2n) is 6.63. The Morgan fingerprint density at radius 1 is 1.12 bits per heavy atom. The number of carbonyl (C=O) groups is 1. The number of Topliss-reactive ketones (excluding diaryl/α,β-unsaturated/α-hetero) is 1. The maximum Gasteiger partial charge on any atom is 0.136 e. The molecule has 1 heteroatoms. The SMILES string of the molecule is CC(C)[C@@H]1CC[C@H](C)[C@@H]2C(=O)C[C@H](C)[C@@H]2C1. The molecule has 0 aromatic rings. The van der Waals surface area contributed by atoms with Gasteiger partial charge in [-0.15, -0.1) is 0 Å². The molecule has 0 unspecified atom stereocenters. The monoisotopic (exact) mass is 222 g/mol. The Hall–Kier alpha value is -0.330. The smallest absolute Gasteiger partial charge is 0.136 e. The zero-order valence-corrected chi connectivity index (χ0v) is 11.2. The molecule has 2 saturated carbocycles. The normalized spacial score (nSPS) is 44.6. The van der Waals surface area contributed by atoms with Crippen LogP contribution in [0.2, 0.25) is 0 Å². The van der Waals surface area contributed by atoms with Crippen LogP contribution in [0.15, 0.2) is 0 Å². The van der Waals surface area contributed by atoms with Gasteiger partial charge in [0.25, 0.3) is 0 Å². The van der Waals surface area contributed by atoms with Crippen molar-refractivity contribution in [1.29, 1.82) is 0 Å². The first-order valence-corrected chi connectivity index (χ1v) is 7.03. The van der Waals surface area contributed by atoms with E-state index in [0.717, 1.165) is 18.3 Å². The summed E-state index contributed by atoms with van der Waals surface area (Å²) in [7, 11) is 0. The summed E-state index contributed by atoms with van der Waals surface area (Å²) in [6, 6.07) is 0. The van der Waals surface area contributed by atoms with Crippen molar-refractivity contribution in [3.8, 4) is 0 Å². The van der Waals surface area contributed by atoms with Gasteiger partial charge in [-0.25, -0.2) is 0 Å². The van der Waals surface area contributed by atoms with Gasteiger partial charge in [0.15, 0.2) is 0 Å². The summed E-state index contributed by atoms with van der Waals surface area (Å²) in [4.78, 5) is 12.1. The molecule has 0 saturated heterocycles. The number of ketones is 1. The molecule has 0 N–H and O–H groups in total. The topological polar surface area (TPSA) is 17.1 Å². The Labute approximate surface area is 100.0 Å². The van der Waals surface area contributed by atoms with Crippen LogP contribution in [-0.4, -0.2) is 5.78 Å². The summed E-state index contributed by atoms with van der Waals surface area (Å²) in [5.74, 6) is 4.57. The average Bonchev–Trinajstić information content (AvgIpc) is 2.39. The fraction of sp³-hybridized carbons (Fsp3) is 0.933. The van der Waals surface area contributed by atoms with Gasteiger partial charge in [0.05, 0.1) is 0 Å². The van der Waals surface area contributed by atoms with Crippen molar-refractivity contribution in [3.05, 3.63) is 0 Å². The van der Waals surface area contributed by atoms with Gasteiger partial charge in [0, 0.05) is 12.3 Å². The van der Waals surface area contributed by atoms with Crippen LogP contribution in [0.5, 0.6) is 0 Å². The lowest BCUT2D eigenvalue weighted by molar-refractivity contribution is -0.122. The molecule has 0 bridgehead atoms. The minimum absolute atomic E-state index is 0.402. The predicted octanol–water partition coefficient (Wildman–Crippen LogP) is 3.92. The number of hydrogen-bond donors (Lipinski definition) is 0. The van der Waals surface area contributed by atoms with Crippen molar-refractivity contribution in [2.45, 2.75) is 53.4 Å². The fourth-order valence-corrected chi connectivity index (χ4v) is 4.05. The lowest BCUT2D eigenvalue weighted by Gasteiger charge is -2.26. The summed E-state index contributed by atoms with van der Waals surface area (Å²) in [5.41, 5.74) is 0. The highest BCUT2D eigenvalue weighted by Gasteiger charge is 2.45. The van der Waals surface area contributed by atoms with Crippen molar-refractivity contribution in [1.82, 2.24) is 0 Å². The van der Waals surface area contributed by atoms with Gasteiger partial charge in [-0.3, -0.25) is 4.79 Å². The molecule has 92 valence electrons. The molecule has 16 heavy (non-hydrogen) atoms. The van der Waals surface area contributed by atoms with Crippen molar-refractivity contribution in [3.63, 3.8) is 0 Å². The first-order valence-electron chi connectivity index (χ1n) is 7.03. The van der Waals surface area contributed by atoms with Crippen molar-refractivity contribution >= 4 is 5.78 Å². The van der Waals surface area contributed by atoms with Crippen LogP contribution in [0.4, 0.5) is 0 Å². The number of carbonyl (C=O) groups excluding carboxylic acids is 1. The van der Waals surface area contributed by atoms with Gasteiger partial charge in [-0.1, -0.05) is 27.7 Å². The molecule has 0 heterocycles. The summed E-state index contributed by atoms with van der Waals surface area (Å²) < 4.78 is 0. The van der Waals surface area contributed by atoms with E-state index >= 15 is 0 Å². The fourth-order valence-electron chi connectivity index (χ4n) is 4.05. The van der Waals surface area contributed by atoms with Crippen molar-refractivity contribution in [2.24, 2.45) is 35.5 Å². The lowest BCUT2D eigenvalue weighted by atomic mass is 9.78. The molecule has 5 atom stereocenters. The highest BCUT2D eigenvalue weighted by atomic mass is 16.1. The van der Waals surface area contributed by atoms with E-state index in [9.17, 15) is 4.79 Å². The second kappa shape index (κ2) is 4.50. The van der Waals surface area contributed by atoms with Gasteiger partial charge in [-0.2, -0.15) is 0 Å². The molecule has 0 amide bonds. The van der Waals surface area contributed by atoms with E-state index < -0.39 is 0 Å². The molecule has 2 aliphatic carbocycles. The molecular weight excluding hydrogens is 196 g/mol. The van der Waals surface area contributed by atoms with E-state index in [1.807, 2.05) is 0 Å². The van der Waals surface area contributed by atoms with Crippen LogP contribution in [0.1, 0.15) is 53.4 Å². The standard InChI is InChI=1S/C15H26O/c1-9(2)12-6-5-10(3)15-13(8-12)11(4)7-14(15)16/h9-13,15H,5-8H2,1-4H3/t10-,11-,12+,13-,15-/m0/s1. The number of fused-ring (bicyclic) bond motifs is 1. The number of hydrogen-bond acceptors (Lipinski definition) is 1. The quantitative estimate of drug-likeness (QED) is 0.657. The highest BCUT2D eigenvalue weighted by Crippen LogP contribution is 2.47. The van der Waals surface area contributed by atoms with Gasteiger partial charge in [0.2, 0.25) is 0 Å². The molecule has 2 aliphatic rings. The zero-order valence-electron chi connectivity index (χ0n) is 11.2. The second-order valence-corrected chi connectivity index (χ2v) is 6.63. The molecule has 0 radical (unpaired) electrons. The summed E-state index contributed by atoms with van der Waals surface area (Å²) in [6.07, 6.45) is 4.76. The minimum Gasteiger partial charge on any atom is -0.299 e. The largest absolute Gasteiger partial charge is 0.299 e. The van der Waals surface area contributed by atoms with Crippen molar-refractivity contribution < 1.29 is 4.79 Å². The Kier molecular flexibility index (Phi) is 3.42. The molecule has 2 fully saturated rings. The Morgan fingerprint density at radius 3 is 2.44 bits per heavy atom. The molecule has 1 nitrogen and oxygen atoms in total. The maximum absolute atomic E-state index is 12.1. The van der Waals surface area contributed by atoms with E-state index in [1.54, 1.807) is 0 Å². The Bertz CT molecular complexity index is 269. The van der Waals surface area contributed by atoms with E-state index in [1.165, 1.54) is 19.3 Å². The highest BCUT2D eigenvalue weighted by molar-refractivity contribution is 5.84. The molecule has 0 aromatic heterocycles. The van der Waals surface area contributed by atoms with Gasteiger partial charge in [-0.05, 0) is 48.9 Å². The van der Waals surface area contributed by atoms with Crippen LogP contribution >= 0.6 is 0 Å². The third kappa shape index (κ3) is 2.06. The molecule has 0 aliphatic heterocycles. The van der Waals surface area contributed by atoms with Crippen LogP contribution in [0.25, 0.3) is 0 Å². The molecule has 2 rings (SSSR count). The van der Waals surface area contributed by atoms with Crippen LogP contribution in [-0.2, 0) is 4.79 Å². The molecular formula is C15H26O. The van der Waals surface area contributed by atoms with Crippen LogP contribution < -0.4 is 0 Å². The Balaban J connectivity index is 2.18. The van der Waals surface area contributed by atoms with E-state index in [2.05, 4.69) is 27.7 Å². The maximum atomic E-state index is 12.1. The summed E-state index contributed by atoms with van der Waals surface area (Å²) in [5, 5.41) is 0. The van der Waals surface area contributed by atoms with E-state index in [-0.39, 0.29) is 0 Å². The minimum atomic E-state index is 0.402.